The second kappa shape index (κ2) is 8.77. The summed E-state index contributed by atoms with van der Waals surface area (Å²) in [4.78, 5) is 14.3. The average molecular weight is 370 g/mol. The fourth-order valence-corrected chi connectivity index (χ4v) is 3.11. The van der Waals surface area contributed by atoms with Gasteiger partial charge in [0.25, 0.3) is 5.91 Å². The number of carbonyl (C=O) groups is 1. The molecule has 0 spiro atoms. The van der Waals surface area contributed by atoms with E-state index in [0.29, 0.717) is 18.0 Å². The number of carbonyl (C=O) groups excluding carboxylic acids is 1. The standard InChI is InChI=1S/C21H26N2O4/c1-23(2)19(15-7-8-20-16(11-15)9-10-26-20)13-22-21(24)14-27-18-6-4-5-17(12-18)25-3/h4-8,11-12,19H,9-10,13-14H2,1-3H3,(H,22,24). The van der Waals surface area contributed by atoms with Crippen molar-refractivity contribution in [3.63, 3.8) is 0 Å². The van der Waals surface area contributed by atoms with E-state index in [1.807, 2.05) is 32.3 Å². The van der Waals surface area contributed by atoms with E-state index in [-0.39, 0.29) is 18.6 Å². The Hall–Kier alpha value is -2.73. The van der Waals surface area contributed by atoms with Crippen LogP contribution in [-0.4, -0.2) is 51.8 Å². The number of amides is 1. The van der Waals surface area contributed by atoms with Gasteiger partial charge in [0.15, 0.2) is 6.61 Å². The van der Waals surface area contributed by atoms with E-state index >= 15 is 0 Å². The lowest BCUT2D eigenvalue weighted by Crippen LogP contribution is -2.36. The maximum atomic E-state index is 12.2. The maximum Gasteiger partial charge on any atom is 0.258 e. The Balaban J connectivity index is 1.55. The normalized spacial score (nSPS) is 13.6. The van der Waals surface area contributed by atoms with Crippen molar-refractivity contribution in [2.24, 2.45) is 0 Å². The predicted octanol–water partition coefficient (Wildman–Crippen LogP) is 2.43. The number of nitrogens with zero attached hydrogens (tertiary/aromatic N) is 1. The van der Waals surface area contributed by atoms with E-state index in [4.69, 9.17) is 14.2 Å². The Morgan fingerprint density at radius 3 is 2.81 bits per heavy atom. The molecule has 0 aromatic heterocycles. The minimum Gasteiger partial charge on any atom is -0.497 e. The average Bonchev–Trinajstić information content (AvgIpc) is 3.14. The summed E-state index contributed by atoms with van der Waals surface area (Å²) < 4.78 is 16.3. The highest BCUT2D eigenvalue weighted by Crippen LogP contribution is 2.29. The highest BCUT2D eigenvalue weighted by atomic mass is 16.5. The number of likely N-dealkylation sites (N-methyl/N-ethyl adjacent to an activating group) is 1. The van der Waals surface area contributed by atoms with Crippen molar-refractivity contribution in [1.29, 1.82) is 0 Å². The van der Waals surface area contributed by atoms with Crippen LogP contribution in [0.1, 0.15) is 17.2 Å². The molecule has 144 valence electrons. The first-order chi connectivity index (χ1) is 13.1. The number of nitrogens with one attached hydrogen (secondary N) is 1. The zero-order valence-corrected chi connectivity index (χ0v) is 16.0. The minimum absolute atomic E-state index is 0.0364. The third-order valence-corrected chi connectivity index (χ3v) is 4.63. The van der Waals surface area contributed by atoms with Crippen molar-refractivity contribution in [2.75, 3.05) is 41.0 Å². The van der Waals surface area contributed by atoms with Crippen LogP contribution in [0.2, 0.25) is 0 Å². The smallest absolute Gasteiger partial charge is 0.258 e. The molecule has 2 aromatic rings. The van der Waals surface area contributed by atoms with Crippen molar-refractivity contribution in [3.8, 4) is 17.2 Å². The van der Waals surface area contributed by atoms with Gasteiger partial charge in [0.1, 0.15) is 17.2 Å². The van der Waals surface area contributed by atoms with Crippen LogP contribution < -0.4 is 19.5 Å². The molecular weight excluding hydrogens is 344 g/mol. The van der Waals surface area contributed by atoms with Gasteiger partial charge in [-0.3, -0.25) is 4.79 Å². The topological polar surface area (TPSA) is 60.0 Å². The van der Waals surface area contributed by atoms with Crippen LogP contribution in [0.4, 0.5) is 0 Å². The number of rotatable bonds is 8. The van der Waals surface area contributed by atoms with E-state index in [1.165, 1.54) is 11.1 Å². The van der Waals surface area contributed by atoms with Gasteiger partial charge in [0.2, 0.25) is 0 Å². The number of fused-ring (bicyclic) bond motifs is 1. The van der Waals surface area contributed by atoms with Gasteiger partial charge in [0, 0.05) is 19.0 Å². The van der Waals surface area contributed by atoms with Crippen LogP contribution in [0.3, 0.4) is 0 Å². The first kappa shape index (κ1) is 19.0. The molecule has 1 N–H and O–H groups in total. The van der Waals surface area contributed by atoms with E-state index in [2.05, 4.69) is 22.3 Å². The van der Waals surface area contributed by atoms with Gasteiger partial charge in [-0.15, -0.1) is 0 Å². The largest absolute Gasteiger partial charge is 0.497 e. The summed E-state index contributed by atoms with van der Waals surface area (Å²) in [6, 6.07) is 13.5. The van der Waals surface area contributed by atoms with Crippen LogP contribution in [-0.2, 0) is 11.2 Å². The summed E-state index contributed by atoms with van der Waals surface area (Å²) in [7, 11) is 5.61. The van der Waals surface area contributed by atoms with Gasteiger partial charge in [-0.2, -0.15) is 0 Å². The molecule has 0 saturated heterocycles. The Bertz CT molecular complexity index is 792. The molecule has 1 amide bonds. The monoisotopic (exact) mass is 370 g/mol. The second-order valence-corrected chi connectivity index (χ2v) is 6.72. The van der Waals surface area contributed by atoms with Crippen molar-refractivity contribution in [2.45, 2.75) is 12.5 Å². The van der Waals surface area contributed by atoms with Crippen molar-refractivity contribution >= 4 is 5.91 Å². The van der Waals surface area contributed by atoms with Gasteiger partial charge >= 0.3 is 0 Å². The molecule has 1 atom stereocenters. The minimum atomic E-state index is -0.158. The Labute approximate surface area is 160 Å². The van der Waals surface area contributed by atoms with Gasteiger partial charge in [-0.25, -0.2) is 0 Å². The molecule has 0 aliphatic carbocycles. The fourth-order valence-electron chi connectivity index (χ4n) is 3.11. The zero-order valence-electron chi connectivity index (χ0n) is 16.0. The fraction of sp³-hybridized carbons (Fsp3) is 0.381. The summed E-state index contributed by atoms with van der Waals surface area (Å²) in [5.74, 6) is 2.11. The van der Waals surface area contributed by atoms with E-state index < -0.39 is 0 Å². The molecule has 0 bridgehead atoms. The van der Waals surface area contributed by atoms with Crippen LogP contribution in [0.15, 0.2) is 42.5 Å². The molecular formula is C21H26N2O4. The van der Waals surface area contributed by atoms with Crippen LogP contribution in [0, 0.1) is 0 Å². The molecule has 6 nitrogen and oxygen atoms in total. The second-order valence-electron chi connectivity index (χ2n) is 6.72. The van der Waals surface area contributed by atoms with Gasteiger partial charge < -0.3 is 24.4 Å². The number of hydrogen-bond donors (Lipinski definition) is 1. The predicted molar refractivity (Wildman–Crippen MR) is 104 cm³/mol. The third-order valence-electron chi connectivity index (χ3n) is 4.63. The Morgan fingerprint density at radius 1 is 1.22 bits per heavy atom. The van der Waals surface area contributed by atoms with E-state index in [0.717, 1.165) is 18.8 Å². The molecule has 3 rings (SSSR count). The van der Waals surface area contributed by atoms with Crippen LogP contribution in [0.25, 0.3) is 0 Å². The van der Waals surface area contributed by atoms with Gasteiger partial charge in [-0.1, -0.05) is 18.2 Å². The van der Waals surface area contributed by atoms with Crippen molar-refractivity contribution < 1.29 is 19.0 Å². The van der Waals surface area contributed by atoms with E-state index in [1.54, 1.807) is 19.2 Å². The molecule has 1 unspecified atom stereocenters. The molecule has 6 heteroatoms. The highest BCUT2D eigenvalue weighted by Gasteiger charge is 2.19. The first-order valence-corrected chi connectivity index (χ1v) is 9.02. The first-order valence-electron chi connectivity index (χ1n) is 9.02. The number of hydrogen-bond acceptors (Lipinski definition) is 5. The Morgan fingerprint density at radius 2 is 2.04 bits per heavy atom. The molecule has 1 heterocycles. The van der Waals surface area contributed by atoms with E-state index in [9.17, 15) is 4.79 Å². The van der Waals surface area contributed by atoms with Gasteiger partial charge in [-0.05, 0) is 43.4 Å². The zero-order chi connectivity index (χ0) is 19.2. The molecule has 1 aliphatic rings. The van der Waals surface area contributed by atoms with Crippen molar-refractivity contribution in [3.05, 3.63) is 53.6 Å². The van der Waals surface area contributed by atoms with Gasteiger partial charge in [0.05, 0.1) is 19.8 Å². The summed E-state index contributed by atoms with van der Waals surface area (Å²) in [5.41, 5.74) is 2.39. The van der Waals surface area contributed by atoms with Crippen LogP contribution in [0.5, 0.6) is 17.2 Å². The number of ether oxygens (including phenoxy) is 3. The summed E-state index contributed by atoms with van der Waals surface area (Å²) >= 11 is 0. The highest BCUT2D eigenvalue weighted by molar-refractivity contribution is 5.77. The van der Waals surface area contributed by atoms with Crippen molar-refractivity contribution in [1.82, 2.24) is 10.2 Å². The number of methoxy groups -OCH3 is 1. The summed E-state index contributed by atoms with van der Waals surface area (Å²) in [6.45, 7) is 1.21. The summed E-state index contributed by atoms with van der Waals surface area (Å²) in [5, 5.41) is 2.96. The third kappa shape index (κ3) is 4.92. The molecule has 0 fully saturated rings. The molecule has 0 saturated carbocycles. The Kier molecular flexibility index (Phi) is 6.19. The molecule has 27 heavy (non-hydrogen) atoms. The quantitative estimate of drug-likeness (QED) is 0.773. The maximum absolute atomic E-state index is 12.2. The lowest BCUT2D eigenvalue weighted by molar-refractivity contribution is -0.123. The molecule has 0 radical (unpaired) electrons. The lowest BCUT2D eigenvalue weighted by Gasteiger charge is -2.25. The lowest BCUT2D eigenvalue weighted by atomic mass is 10.0. The van der Waals surface area contributed by atoms with Crippen LogP contribution >= 0.6 is 0 Å². The molecule has 2 aromatic carbocycles. The molecule has 1 aliphatic heterocycles. The summed E-state index contributed by atoms with van der Waals surface area (Å²) in [6.07, 6.45) is 0.935. The number of benzene rings is 2. The SMILES string of the molecule is COc1cccc(OCC(=O)NCC(c2ccc3c(c2)CCO3)N(C)C)c1.